The minimum Gasteiger partial charge on any atom is -0.316 e. The molecular weight excluding hydrogens is 182 g/mol. The van der Waals surface area contributed by atoms with Gasteiger partial charge in [0.25, 0.3) is 0 Å². The zero-order valence-corrected chi connectivity index (χ0v) is 9.58. The van der Waals surface area contributed by atoms with Crippen molar-refractivity contribution < 1.29 is 0 Å². The lowest BCUT2D eigenvalue weighted by Crippen LogP contribution is -2.14. The lowest BCUT2D eigenvalue weighted by molar-refractivity contribution is 0.678. The molecular formula is C14H21N. The number of benzene rings is 1. The van der Waals surface area contributed by atoms with Gasteiger partial charge in [0.1, 0.15) is 0 Å². The smallest absolute Gasteiger partial charge is 0.00143 e. The highest BCUT2D eigenvalue weighted by molar-refractivity contribution is 5.17. The van der Waals surface area contributed by atoms with Crippen molar-refractivity contribution in [1.29, 1.82) is 0 Å². The highest BCUT2D eigenvalue weighted by Gasteiger charge is 1.85. The summed E-state index contributed by atoms with van der Waals surface area (Å²) >= 11 is 0. The minimum atomic E-state index is 1.05. The Morgan fingerprint density at radius 2 is 1.87 bits per heavy atom. The van der Waals surface area contributed by atoms with Gasteiger partial charge in [-0.2, -0.15) is 0 Å². The summed E-state index contributed by atoms with van der Waals surface area (Å²) in [5.41, 5.74) is 1.38. The van der Waals surface area contributed by atoms with Gasteiger partial charge in [0, 0.05) is 0 Å². The Hall–Kier alpha value is -1.08. The molecule has 1 aromatic carbocycles. The average Bonchev–Trinajstić information content (AvgIpc) is 2.29. The van der Waals surface area contributed by atoms with Crippen LogP contribution in [0.25, 0.3) is 0 Å². The van der Waals surface area contributed by atoms with E-state index in [1.54, 1.807) is 0 Å². The van der Waals surface area contributed by atoms with Gasteiger partial charge in [-0.1, -0.05) is 49.4 Å². The van der Waals surface area contributed by atoms with E-state index >= 15 is 0 Å². The number of allylic oxidation sites excluding steroid dienone is 1. The van der Waals surface area contributed by atoms with Crippen molar-refractivity contribution in [3.8, 4) is 0 Å². The zero-order valence-electron chi connectivity index (χ0n) is 9.58. The first-order valence-corrected chi connectivity index (χ1v) is 5.83. The van der Waals surface area contributed by atoms with E-state index in [1.165, 1.54) is 12.0 Å². The summed E-state index contributed by atoms with van der Waals surface area (Å²) in [6, 6.07) is 10.6. The lowest BCUT2D eigenvalue weighted by Gasteiger charge is -1.98. The van der Waals surface area contributed by atoms with E-state index < -0.39 is 0 Å². The van der Waals surface area contributed by atoms with Gasteiger partial charge < -0.3 is 5.32 Å². The van der Waals surface area contributed by atoms with Crippen LogP contribution in [0.15, 0.2) is 42.5 Å². The summed E-state index contributed by atoms with van der Waals surface area (Å²) in [6.07, 6.45) is 7.91. The Kier molecular flexibility index (Phi) is 6.59. The van der Waals surface area contributed by atoms with Crippen LogP contribution in [0.1, 0.15) is 25.3 Å². The molecule has 0 fully saturated rings. The molecule has 0 spiro atoms. The van der Waals surface area contributed by atoms with Gasteiger partial charge in [-0.3, -0.25) is 0 Å². The predicted molar refractivity (Wildman–Crippen MR) is 67.1 cm³/mol. The van der Waals surface area contributed by atoms with E-state index in [0.717, 1.165) is 25.9 Å². The van der Waals surface area contributed by atoms with Crippen molar-refractivity contribution in [3.63, 3.8) is 0 Å². The fourth-order valence-electron chi connectivity index (χ4n) is 1.44. The minimum absolute atomic E-state index is 1.05. The van der Waals surface area contributed by atoms with Crippen LogP contribution in [0.4, 0.5) is 0 Å². The second kappa shape index (κ2) is 8.25. The Balaban J connectivity index is 2.07. The molecule has 0 amide bonds. The molecule has 0 aliphatic heterocycles. The van der Waals surface area contributed by atoms with E-state index in [9.17, 15) is 0 Å². The van der Waals surface area contributed by atoms with Crippen molar-refractivity contribution >= 4 is 0 Å². The SMILES string of the molecule is CCCNCCC=CCc1ccccc1. The maximum Gasteiger partial charge on any atom is -0.00143 e. The lowest BCUT2D eigenvalue weighted by atomic mass is 10.1. The molecule has 0 atom stereocenters. The molecule has 0 unspecified atom stereocenters. The van der Waals surface area contributed by atoms with Crippen molar-refractivity contribution in [2.75, 3.05) is 13.1 Å². The Morgan fingerprint density at radius 3 is 2.60 bits per heavy atom. The maximum absolute atomic E-state index is 3.38. The average molecular weight is 203 g/mol. The summed E-state index contributed by atoms with van der Waals surface area (Å²) in [6.45, 7) is 4.42. The van der Waals surface area contributed by atoms with Gasteiger partial charge in [0.2, 0.25) is 0 Å². The first kappa shape index (κ1) is 12.0. The quantitative estimate of drug-likeness (QED) is 0.530. The molecule has 0 aromatic heterocycles. The summed E-state index contributed by atoms with van der Waals surface area (Å²) in [7, 11) is 0. The zero-order chi connectivity index (χ0) is 10.8. The molecule has 0 heterocycles. The van der Waals surface area contributed by atoms with Crippen LogP contribution in [-0.4, -0.2) is 13.1 Å². The van der Waals surface area contributed by atoms with Gasteiger partial charge in [-0.15, -0.1) is 0 Å². The van der Waals surface area contributed by atoms with Crippen molar-refractivity contribution in [2.24, 2.45) is 0 Å². The molecule has 1 heteroatoms. The van der Waals surface area contributed by atoms with Crippen LogP contribution in [0.5, 0.6) is 0 Å². The normalized spacial score (nSPS) is 11.0. The molecule has 1 rings (SSSR count). The third kappa shape index (κ3) is 6.08. The molecule has 0 aliphatic carbocycles. The van der Waals surface area contributed by atoms with E-state index in [4.69, 9.17) is 0 Å². The van der Waals surface area contributed by atoms with Crippen LogP contribution in [0, 0.1) is 0 Å². The fourth-order valence-corrected chi connectivity index (χ4v) is 1.44. The molecule has 82 valence electrons. The molecule has 1 aromatic rings. The second-order valence-electron chi connectivity index (χ2n) is 3.70. The molecule has 1 N–H and O–H groups in total. The second-order valence-corrected chi connectivity index (χ2v) is 3.70. The van der Waals surface area contributed by atoms with Crippen LogP contribution >= 0.6 is 0 Å². The first-order valence-electron chi connectivity index (χ1n) is 5.83. The van der Waals surface area contributed by atoms with Crippen LogP contribution < -0.4 is 5.32 Å². The summed E-state index contributed by atoms with van der Waals surface area (Å²) in [5.74, 6) is 0. The Morgan fingerprint density at radius 1 is 1.07 bits per heavy atom. The van der Waals surface area contributed by atoms with Crippen molar-refractivity contribution in [2.45, 2.75) is 26.2 Å². The number of hydrogen-bond acceptors (Lipinski definition) is 1. The van der Waals surface area contributed by atoms with Gasteiger partial charge in [0.05, 0.1) is 0 Å². The molecule has 0 saturated heterocycles. The maximum atomic E-state index is 3.38. The van der Waals surface area contributed by atoms with Crippen molar-refractivity contribution in [3.05, 3.63) is 48.0 Å². The van der Waals surface area contributed by atoms with Crippen LogP contribution in [0.2, 0.25) is 0 Å². The van der Waals surface area contributed by atoms with E-state index in [1.807, 2.05) is 0 Å². The van der Waals surface area contributed by atoms with Gasteiger partial charge in [-0.25, -0.2) is 0 Å². The van der Waals surface area contributed by atoms with Gasteiger partial charge >= 0.3 is 0 Å². The van der Waals surface area contributed by atoms with Crippen molar-refractivity contribution in [1.82, 2.24) is 5.32 Å². The molecule has 1 nitrogen and oxygen atoms in total. The molecule has 0 saturated carbocycles. The standard InChI is InChI=1S/C14H21N/c1-2-12-15-13-8-4-7-11-14-9-5-3-6-10-14/h3-7,9-10,15H,2,8,11-13H2,1H3. The van der Waals surface area contributed by atoms with E-state index in [0.29, 0.717) is 0 Å². The largest absolute Gasteiger partial charge is 0.316 e. The molecule has 0 bridgehead atoms. The van der Waals surface area contributed by atoms with E-state index in [2.05, 4.69) is 54.7 Å². The summed E-state index contributed by atoms with van der Waals surface area (Å²) in [5, 5.41) is 3.38. The Labute approximate surface area is 93.2 Å². The van der Waals surface area contributed by atoms with Crippen LogP contribution in [-0.2, 0) is 6.42 Å². The topological polar surface area (TPSA) is 12.0 Å². The van der Waals surface area contributed by atoms with Gasteiger partial charge in [-0.05, 0) is 37.9 Å². The highest BCUT2D eigenvalue weighted by atomic mass is 14.8. The number of hydrogen-bond donors (Lipinski definition) is 1. The molecule has 0 radical (unpaired) electrons. The first-order chi connectivity index (χ1) is 7.43. The monoisotopic (exact) mass is 203 g/mol. The molecule has 0 aliphatic rings. The highest BCUT2D eigenvalue weighted by Crippen LogP contribution is 2.00. The van der Waals surface area contributed by atoms with E-state index in [-0.39, 0.29) is 0 Å². The summed E-state index contributed by atoms with van der Waals surface area (Å²) < 4.78 is 0. The fraction of sp³-hybridized carbons (Fsp3) is 0.429. The third-order valence-electron chi connectivity index (χ3n) is 2.28. The predicted octanol–water partition coefficient (Wildman–Crippen LogP) is 3.18. The number of nitrogens with one attached hydrogen (secondary N) is 1. The molecule has 15 heavy (non-hydrogen) atoms. The van der Waals surface area contributed by atoms with Crippen LogP contribution in [0.3, 0.4) is 0 Å². The number of rotatable bonds is 7. The third-order valence-corrected chi connectivity index (χ3v) is 2.28. The van der Waals surface area contributed by atoms with Gasteiger partial charge in [0.15, 0.2) is 0 Å². The Bertz CT molecular complexity index is 264. The summed E-state index contributed by atoms with van der Waals surface area (Å²) in [4.78, 5) is 0.